The highest BCUT2D eigenvalue weighted by molar-refractivity contribution is 5.89. The van der Waals surface area contributed by atoms with Gasteiger partial charge in [0, 0.05) is 26.2 Å². The van der Waals surface area contributed by atoms with Crippen molar-refractivity contribution >= 4 is 17.8 Å². The summed E-state index contributed by atoms with van der Waals surface area (Å²) in [5, 5.41) is 0. The molecule has 5 nitrogen and oxygen atoms in total. The molecule has 2 rings (SSSR count). The topological polar surface area (TPSA) is 59.5 Å². The van der Waals surface area contributed by atoms with Crippen LogP contribution in [0.5, 0.6) is 0 Å². The molecule has 0 saturated carbocycles. The Morgan fingerprint density at radius 2 is 1.88 bits per heavy atom. The molecule has 90 valence electrons. The molecule has 0 unspecified atom stereocenters. The second kappa shape index (κ2) is 4.53. The molecule has 5 heteroatoms. The summed E-state index contributed by atoms with van der Waals surface area (Å²) < 4.78 is 4.49. The van der Waals surface area contributed by atoms with Gasteiger partial charge < -0.3 is 9.64 Å². The van der Waals surface area contributed by atoms with Crippen molar-refractivity contribution in [1.82, 2.24) is 4.98 Å². The number of hydrogen-bond donors (Lipinski definition) is 0. The Morgan fingerprint density at radius 1 is 1.24 bits per heavy atom. The Morgan fingerprint density at radius 3 is 2.35 bits per heavy atom. The van der Waals surface area contributed by atoms with Gasteiger partial charge in [-0.2, -0.15) is 0 Å². The number of cyclic esters (lactones) is 2. The molecule has 0 N–H and O–H groups in total. The quantitative estimate of drug-likeness (QED) is 0.566. The van der Waals surface area contributed by atoms with Gasteiger partial charge in [0.2, 0.25) is 0 Å². The predicted octanol–water partition coefficient (Wildman–Crippen LogP) is 1.09. The summed E-state index contributed by atoms with van der Waals surface area (Å²) in [6.07, 6.45) is 2.20. The molecule has 0 amide bonds. The molecule has 0 radical (unpaired) electrons. The number of carbonyl (C=O) groups is 2. The third kappa shape index (κ3) is 2.61. The lowest BCUT2D eigenvalue weighted by Crippen LogP contribution is -2.24. The average Bonchev–Trinajstić information content (AvgIpc) is 2.28. The number of aromatic nitrogens is 1. The number of esters is 2. The normalized spacial score (nSPS) is 16.8. The summed E-state index contributed by atoms with van der Waals surface area (Å²) in [5.41, 5.74) is 0.903. The van der Waals surface area contributed by atoms with Crippen molar-refractivity contribution in [3.63, 3.8) is 0 Å². The van der Waals surface area contributed by atoms with E-state index < -0.39 is 11.9 Å². The third-order valence-electron chi connectivity index (χ3n) is 2.75. The Hall–Kier alpha value is -1.91. The molecule has 17 heavy (non-hydrogen) atoms. The van der Waals surface area contributed by atoms with Crippen LogP contribution in [0.3, 0.4) is 0 Å². The zero-order valence-electron chi connectivity index (χ0n) is 9.84. The highest BCUT2D eigenvalue weighted by Crippen LogP contribution is 2.28. The Balaban J connectivity index is 2.16. The van der Waals surface area contributed by atoms with E-state index in [1.165, 1.54) is 0 Å². The first-order valence-electron chi connectivity index (χ1n) is 5.43. The van der Waals surface area contributed by atoms with Crippen molar-refractivity contribution in [2.75, 3.05) is 19.0 Å². The van der Waals surface area contributed by atoms with Crippen molar-refractivity contribution in [3.8, 4) is 0 Å². The van der Waals surface area contributed by atoms with Gasteiger partial charge in [-0.05, 0) is 11.6 Å². The van der Waals surface area contributed by atoms with Gasteiger partial charge in [0.05, 0.1) is 12.8 Å². The zero-order valence-corrected chi connectivity index (χ0v) is 9.84. The summed E-state index contributed by atoms with van der Waals surface area (Å²) in [6.45, 7) is 0. The molecular weight excluding hydrogens is 220 g/mol. The second-order valence-electron chi connectivity index (χ2n) is 4.30. The third-order valence-corrected chi connectivity index (χ3v) is 2.75. The Kier molecular flexibility index (Phi) is 3.08. The van der Waals surface area contributed by atoms with E-state index in [1.807, 2.05) is 31.1 Å². The number of carbonyl (C=O) groups excluding carboxylic acids is 2. The molecule has 1 aliphatic heterocycles. The van der Waals surface area contributed by atoms with Crippen LogP contribution in [0.25, 0.3) is 0 Å². The lowest BCUT2D eigenvalue weighted by molar-refractivity contribution is -0.163. The van der Waals surface area contributed by atoms with Gasteiger partial charge >= 0.3 is 11.9 Å². The molecule has 1 aromatic heterocycles. The van der Waals surface area contributed by atoms with Crippen LogP contribution in [-0.4, -0.2) is 31.0 Å². The maximum absolute atomic E-state index is 11.2. The van der Waals surface area contributed by atoms with Crippen LogP contribution in [-0.2, 0) is 14.3 Å². The van der Waals surface area contributed by atoms with Crippen LogP contribution in [0.15, 0.2) is 18.3 Å². The minimum Gasteiger partial charge on any atom is -0.393 e. The van der Waals surface area contributed by atoms with E-state index in [0.717, 1.165) is 11.4 Å². The van der Waals surface area contributed by atoms with E-state index in [-0.39, 0.29) is 18.8 Å². The molecule has 2 heterocycles. The number of nitrogens with zero attached hydrogens (tertiary/aromatic N) is 2. The molecule has 0 bridgehead atoms. The van der Waals surface area contributed by atoms with Crippen molar-refractivity contribution in [3.05, 3.63) is 23.9 Å². The number of ether oxygens (including phenoxy) is 1. The predicted molar refractivity (Wildman–Crippen MR) is 61.6 cm³/mol. The monoisotopic (exact) mass is 234 g/mol. The Bertz CT molecular complexity index is 424. The summed E-state index contributed by atoms with van der Waals surface area (Å²) >= 11 is 0. The van der Waals surface area contributed by atoms with E-state index in [2.05, 4.69) is 9.72 Å². The highest BCUT2D eigenvalue weighted by Gasteiger charge is 2.28. The molecule has 1 saturated heterocycles. The lowest BCUT2D eigenvalue weighted by Gasteiger charge is -2.20. The summed E-state index contributed by atoms with van der Waals surface area (Å²) in [4.78, 5) is 28.5. The fourth-order valence-corrected chi connectivity index (χ4v) is 1.82. The summed E-state index contributed by atoms with van der Waals surface area (Å²) in [6, 6.07) is 3.78. The van der Waals surface area contributed by atoms with Gasteiger partial charge in [-0.1, -0.05) is 6.07 Å². The molecule has 0 aliphatic carbocycles. The molecule has 0 atom stereocenters. The van der Waals surface area contributed by atoms with Crippen LogP contribution in [0.1, 0.15) is 24.3 Å². The van der Waals surface area contributed by atoms with Crippen molar-refractivity contribution in [2.24, 2.45) is 0 Å². The molecule has 1 aliphatic rings. The minimum absolute atomic E-state index is 0.104. The number of anilines is 1. The SMILES string of the molecule is CN(C)c1ccc(C2CC(=O)OC(=O)C2)cn1. The van der Waals surface area contributed by atoms with Crippen LogP contribution < -0.4 is 4.90 Å². The zero-order chi connectivity index (χ0) is 12.4. The number of rotatable bonds is 2. The lowest BCUT2D eigenvalue weighted by atomic mass is 9.92. The van der Waals surface area contributed by atoms with Crippen molar-refractivity contribution in [1.29, 1.82) is 0 Å². The van der Waals surface area contributed by atoms with E-state index in [9.17, 15) is 9.59 Å². The number of pyridine rings is 1. The summed E-state index contributed by atoms with van der Waals surface area (Å²) in [5.74, 6) is -0.170. The second-order valence-corrected chi connectivity index (χ2v) is 4.30. The molecule has 1 aromatic rings. The molecule has 1 fully saturated rings. The number of hydrogen-bond acceptors (Lipinski definition) is 5. The highest BCUT2D eigenvalue weighted by atomic mass is 16.6. The van der Waals surface area contributed by atoms with E-state index in [0.29, 0.717) is 0 Å². The molecular formula is C12H14N2O3. The first-order valence-corrected chi connectivity index (χ1v) is 5.43. The first-order chi connectivity index (χ1) is 8.06. The standard InChI is InChI=1S/C12H14N2O3/c1-14(2)10-4-3-8(7-13-10)9-5-11(15)17-12(16)6-9/h3-4,7,9H,5-6H2,1-2H3. The fraction of sp³-hybridized carbons (Fsp3) is 0.417. The maximum Gasteiger partial charge on any atom is 0.314 e. The van der Waals surface area contributed by atoms with Crippen LogP contribution in [0, 0.1) is 0 Å². The fourth-order valence-electron chi connectivity index (χ4n) is 1.82. The molecule has 0 spiro atoms. The van der Waals surface area contributed by atoms with E-state index in [1.54, 1.807) is 6.20 Å². The molecule has 0 aromatic carbocycles. The minimum atomic E-state index is -0.456. The van der Waals surface area contributed by atoms with Crippen LogP contribution in [0.4, 0.5) is 5.82 Å². The van der Waals surface area contributed by atoms with Gasteiger partial charge in [0.25, 0.3) is 0 Å². The Labute approximate surface area is 99.4 Å². The van der Waals surface area contributed by atoms with Crippen molar-refractivity contribution in [2.45, 2.75) is 18.8 Å². The van der Waals surface area contributed by atoms with Gasteiger partial charge in [-0.15, -0.1) is 0 Å². The van der Waals surface area contributed by atoms with Gasteiger partial charge in [-0.25, -0.2) is 4.98 Å². The summed E-state index contributed by atoms with van der Waals surface area (Å²) in [7, 11) is 3.81. The van der Waals surface area contributed by atoms with E-state index in [4.69, 9.17) is 0 Å². The smallest absolute Gasteiger partial charge is 0.314 e. The largest absolute Gasteiger partial charge is 0.393 e. The van der Waals surface area contributed by atoms with Crippen molar-refractivity contribution < 1.29 is 14.3 Å². The maximum atomic E-state index is 11.2. The van der Waals surface area contributed by atoms with E-state index >= 15 is 0 Å². The van der Waals surface area contributed by atoms with Gasteiger partial charge in [0.15, 0.2) is 0 Å². The first kappa shape index (κ1) is 11.6. The van der Waals surface area contributed by atoms with Gasteiger partial charge in [-0.3, -0.25) is 9.59 Å². The van der Waals surface area contributed by atoms with Crippen LogP contribution in [0.2, 0.25) is 0 Å². The van der Waals surface area contributed by atoms with Gasteiger partial charge in [0.1, 0.15) is 5.82 Å². The average molecular weight is 234 g/mol. The van der Waals surface area contributed by atoms with Crippen LogP contribution >= 0.6 is 0 Å².